The molecule has 0 heterocycles. The second kappa shape index (κ2) is 14.5. The molecule has 0 nitrogen and oxygen atoms in total. The molecule has 0 N–H and O–H groups in total. The minimum atomic E-state index is 0.500. The third-order valence-corrected chi connectivity index (χ3v) is 2.61. The van der Waals surface area contributed by atoms with Gasteiger partial charge in [-0.3, -0.25) is 0 Å². The van der Waals surface area contributed by atoms with Crippen LogP contribution in [-0.4, -0.2) is 0 Å². The maximum absolute atomic E-state index is 2.24. The molecule has 0 amide bonds. The summed E-state index contributed by atoms with van der Waals surface area (Å²) in [5, 5.41) is 5.25. The minimum Gasteiger partial charge on any atom is -0.0683 e. The van der Waals surface area contributed by atoms with Crippen molar-refractivity contribution in [3.8, 4) is 0 Å². The van der Waals surface area contributed by atoms with Crippen molar-refractivity contribution in [3.63, 3.8) is 0 Å². The highest BCUT2D eigenvalue weighted by Gasteiger charge is 1.96. The van der Waals surface area contributed by atoms with Gasteiger partial charge in [0.1, 0.15) is 0 Å². The molecule has 0 saturated heterocycles. The van der Waals surface area contributed by atoms with Gasteiger partial charge in [-0.1, -0.05) is 118 Å². The van der Waals surface area contributed by atoms with Crippen molar-refractivity contribution >= 4 is 21.5 Å². The van der Waals surface area contributed by atoms with Crippen molar-refractivity contribution in [1.82, 2.24) is 0 Å². The van der Waals surface area contributed by atoms with E-state index in [1.54, 1.807) is 0 Å². The van der Waals surface area contributed by atoms with Crippen LogP contribution in [0.1, 0.15) is 69.2 Å². The molecule has 0 aliphatic carbocycles. The van der Waals surface area contributed by atoms with E-state index in [4.69, 9.17) is 0 Å². The fourth-order valence-electron chi connectivity index (χ4n) is 1.88. The molecule has 0 unspecified atom stereocenters. The maximum Gasteiger partial charge on any atom is -0.0178 e. The lowest BCUT2D eigenvalue weighted by atomic mass is 10.0. The molecule has 140 valence electrons. The van der Waals surface area contributed by atoms with Crippen LogP contribution >= 0.6 is 0 Å². The third kappa shape index (κ3) is 11.4. The van der Waals surface area contributed by atoms with Crippen molar-refractivity contribution in [1.29, 1.82) is 0 Å². The third-order valence-electron chi connectivity index (χ3n) is 2.61. The van der Waals surface area contributed by atoms with Gasteiger partial charge in [-0.15, -0.1) is 0 Å². The van der Waals surface area contributed by atoms with Gasteiger partial charge in [0.2, 0.25) is 0 Å². The maximum atomic E-state index is 2.24. The summed E-state index contributed by atoms with van der Waals surface area (Å²) in [5.41, 5.74) is 0.500. The summed E-state index contributed by atoms with van der Waals surface area (Å²) in [6.45, 7) is 20.8. The number of hydrogen-bond donors (Lipinski definition) is 0. The van der Waals surface area contributed by atoms with Crippen LogP contribution in [0, 0.1) is 5.41 Å². The fraction of sp³-hybridized carbons (Fsp3) is 0.440. The quantitative estimate of drug-likeness (QED) is 0.358. The highest BCUT2D eigenvalue weighted by atomic mass is 14.0. The van der Waals surface area contributed by atoms with Gasteiger partial charge in [-0.05, 0) is 39.1 Å². The predicted molar refractivity (Wildman–Crippen MR) is 121 cm³/mol. The van der Waals surface area contributed by atoms with Crippen molar-refractivity contribution < 1.29 is 0 Å². The summed E-state index contributed by atoms with van der Waals surface area (Å²) in [6, 6.07) is 21.4. The van der Waals surface area contributed by atoms with E-state index < -0.39 is 0 Å². The molecule has 0 bridgehead atoms. The molecular formula is C25H40. The largest absolute Gasteiger partial charge is 0.0683 e. The van der Waals surface area contributed by atoms with Crippen molar-refractivity contribution in [2.24, 2.45) is 5.41 Å². The van der Waals surface area contributed by atoms with Crippen LogP contribution < -0.4 is 0 Å². The summed E-state index contributed by atoms with van der Waals surface area (Å²) in [4.78, 5) is 0. The first-order valence-electron chi connectivity index (χ1n) is 9.81. The minimum absolute atomic E-state index is 0.500. The van der Waals surface area contributed by atoms with E-state index in [9.17, 15) is 0 Å². The molecule has 0 aliphatic rings. The Morgan fingerprint density at radius 2 is 0.600 bits per heavy atom. The Hall–Kier alpha value is -1.82. The average molecular weight is 341 g/mol. The van der Waals surface area contributed by atoms with Crippen LogP contribution in [0.15, 0.2) is 60.7 Å². The molecule has 25 heavy (non-hydrogen) atoms. The SMILES string of the molecule is CC.CC.CC.CC(C)(C)C.c1ccc2cc3ccccc3cc2c1. The van der Waals surface area contributed by atoms with E-state index in [2.05, 4.69) is 88.4 Å². The average Bonchev–Trinajstić information content (AvgIpc) is 2.63. The lowest BCUT2D eigenvalue weighted by Gasteiger charge is -2.05. The molecule has 0 aromatic heterocycles. The molecule has 3 aromatic carbocycles. The van der Waals surface area contributed by atoms with E-state index in [0.717, 1.165) is 0 Å². The first-order valence-corrected chi connectivity index (χ1v) is 9.81. The molecule has 3 aromatic rings. The van der Waals surface area contributed by atoms with Gasteiger partial charge in [0.15, 0.2) is 0 Å². The van der Waals surface area contributed by atoms with Gasteiger partial charge in [-0.25, -0.2) is 0 Å². The molecule has 0 heteroatoms. The molecule has 0 radical (unpaired) electrons. The topological polar surface area (TPSA) is 0 Å². The zero-order valence-corrected chi connectivity index (χ0v) is 18.3. The summed E-state index contributed by atoms with van der Waals surface area (Å²) in [7, 11) is 0. The summed E-state index contributed by atoms with van der Waals surface area (Å²) >= 11 is 0. The molecule has 0 saturated carbocycles. The molecule has 3 rings (SSSR count). The predicted octanol–water partition coefficient (Wildman–Crippen LogP) is 9.12. The van der Waals surface area contributed by atoms with Gasteiger partial charge in [0, 0.05) is 0 Å². The molecule has 0 aliphatic heterocycles. The van der Waals surface area contributed by atoms with Crippen molar-refractivity contribution in [2.45, 2.75) is 69.2 Å². The van der Waals surface area contributed by atoms with E-state index in [0.29, 0.717) is 5.41 Å². The Labute approximate surface area is 157 Å². The van der Waals surface area contributed by atoms with Crippen molar-refractivity contribution in [2.75, 3.05) is 0 Å². The van der Waals surface area contributed by atoms with Gasteiger partial charge in [0.25, 0.3) is 0 Å². The molecular weight excluding hydrogens is 300 g/mol. The first kappa shape index (κ1) is 25.4. The van der Waals surface area contributed by atoms with Gasteiger partial charge in [0.05, 0.1) is 0 Å². The first-order chi connectivity index (χ1) is 11.9. The monoisotopic (exact) mass is 340 g/mol. The molecule has 0 fully saturated rings. The standard InChI is InChI=1S/C14H10.C5H12.3C2H6/c1-2-6-12-10-14-8-4-3-7-13(14)9-11(12)5-1;1-5(2,3)4;3*1-2/h1-10H;1-4H3;3*1-2H3. The lowest BCUT2D eigenvalue weighted by Crippen LogP contribution is -1.93. The van der Waals surface area contributed by atoms with Gasteiger partial charge < -0.3 is 0 Å². The van der Waals surface area contributed by atoms with Crippen LogP contribution in [0.2, 0.25) is 0 Å². The fourth-order valence-corrected chi connectivity index (χ4v) is 1.88. The van der Waals surface area contributed by atoms with Crippen LogP contribution in [0.5, 0.6) is 0 Å². The van der Waals surface area contributed by atoms with E-state index >= 15 is 0 Å². The molecule has 0 atom stereocenters. The van der Waals surface area contributed by atoms with Gasteiger partial charge >= 0.3 is 0 Å². The van der Waals surface area contributed by atoms with E-state index in [1.165, 1.54) is 21.5 Å². The Morgan fingerprint density at radius 3 is 0.760 bits per heavy atom. The normalized spacial score (nSPS) is 9.20. The Balaban J connectivity index is 0. The Morgan fingerprint density at radius 1 is 0.440 bits per heavy atom. The second-order valence-corrected chi connectivity index (χ2v) is 6.55. The number of rotatable bonds is 0. The number of fused-ring (bicyclic) bond motifs is 2. The Kier molecular flexibility index (Phi) is 14.8. The van der Waals surface area contributed by atoms with E-state index in [-0.39, 0.29) is 0 Å². The summed E-state index contributed by atoms with van der Waals surface area (Å²) in [5.74, 6) is 0. The van der Waals surface area contributed by atoms with Crippen LogP contribution in [0.25, 0.3) is 21.5 Å². The zero-order valence-electron chi connectivity index (χ0n) is 18.3. The second-order valence-electron chi connectivity index (χ2n) is 6.55. The van der Waals surface area contributed by atoms with E-state index in [1.807, 2.05) is 41.5 Å². The molecule has 0 spiro atoms. The lowest BCUT2D eigenvalue weighted by molar-refractivity contribution is 0.469. The zero-order chi connectivity index (χ0) is 19.9. The van der Waals surface area contributed by atoms with Crippen LogP contribution in [0.4, 0.5) is 0 Å². The number of benzene rings is 3. The van der Waals surface area contributed by atoms with Crippen LogP contribution in [-0.2, 0) is 0 Å². The Bertz CT molecular complexity index is 561. The van der Waals surface area contributed by atoms with Crippen LogP contribution in [0.3, 0.4) is 0 Å². The smallest absolute Gasteiger partial charge is 0.0178 e. The van der Waals surface area contributed by atoms with Gasteiger partial charge in [-0.2, -0.15) is 0 Å². The summed E-state index contributed by atoms with van der Waals surface area (Å²) < 4.78 is 0. The number of hydrogen-bond acceptors (Lipinski definition) is 0. The summed E-state index contributed by atoms with van der Waals surface area (Å²) in [6.07, 6.45) is 0. The van der Waals surface area contributed by atoms with Crippen molar-refractivity contribution in [3.05, 3.63) is 60.7 Å². The highest BCUT2D eigenvalue weighted by Crippen LogP contribution is 2.22. The highest BCUT2D eigenvalue weighted by molar-refractivity contribution is 5.98.